The lowest BCUT2D eigenvalue weighted by atomic mass is 9.86. The van der Waals surface area contributed by atoms with E-state index in [1.807, 2.05) is 0 Å². The highest BCUT2D eigenvalue weighted by Crippen LogP contribution is 2.43. The van der Waals surface area contributed by atoms with Crippen LogP contribution in [0.4, 0.5) is 0 Å². The normalized spacial score (nSPS) is 16.2. The Kier molecular flexibility index (Phi) is 6.15. The van der Waals surface area contributed by atoms with Crippen molar-refractivity contribution in [1.29, 1.82) is 0 Å². The molecule has 246 valence electrons. The molecule has 52 heavy (non-hydrogen) atoms. The molecule has 0 radical (unpaired) electrons. The van der Waals surface area contributed by atoms with Gasteiger partial charge in [0.2, 0.25) is 0 Å². The van der Waals surface area contributed by atoms with Gasteiger partial charge >= 0.3 is 0 Å². The second kappa shape index (κ2) is 11.0. The molecule has 3 heteroatoms. The first-order valence-electron chi connectivity index (χ1n) is 18.2. The fraction of sp³-hybridized carbons (Fsp3) is 0.0612. The van der Waals surface area contributed by atoms with Gasteiger partial charge < -0.3 is 13.7 Å². The fourth-order valence-electron chi connectivity index (χ4n) is 9.06. The maximum atomic E-state index is 2.58. The lowest BCUT2D eigenvalue weighted by molar-refractivity contribution is 0.439. The molecule has 3 nitrogen and oxygen atoms in total. The quantitative estimate of drug-likeness (QED) is 0.178. The van der Waals surface area contributed by atoms with Crippen molar-refractivity contribution >= 4 is 71.0 Å². The minimum absolute atomic E-state index is 0.271. The number of allylic oxidation sites excluding steroid dienone is 4. The first kappa shape index (κ1) is 29.2. The predicted octanol–water partition coefficient (Wildman–Crippen LogP) is 12.7. The van der Waals surface area contributed by atoms with Crippen LogP contribution >= 0.6 is 0 Å². The molecule has 7 aromatic carbocycles. The predicted molar refractivity (Wildman–Crippen MR) is 220 cm³/mol. The van der Waals surface area contributed by atoms with Crippen LogP contribution in [0, 0.1) is 0 Å². The molecule has 0 saturated carbocycles. The van der Waals surface area contributed by atoms with Gasteiger partial charge in [-0.2, -0.15) is 0 Å². The highest BCUT2D eigenvalue weighted by atomic mass is 15.1. The van der Waals surface area contributed by atoms with Crippen LogP contribution in [0.2, 0.25) is 0 Å². The molecule has 0 N–H and O–H groups in total. The van der Waals surface area contributed by atoms with E-state index in [1.165, 1.54) is 87.9 Å². The number of rotatable bonds is 4. The molecule has 3 aromatic heterocycles. The molecule has 1 aliphatic carbocycles. The zero-order valence-electron chi connectivity index (χ0n) is 28.9. The summed E-state index contributed by atoms with van der Waals surface area (Å²) < 4.78 is 7.39. The molecule has 0 saturated heterocycles. The SMILES string of the molecule is CC1(n2c3ccccc3c3cc(-n4c5ccccc5c5ccccc54)ccc32)C=C(c2ccc3c(c2)c2ccccc2n3-c2ccccc2)C=CC1. The second-order valence-electron chi connectivity index (χ2n) is 14.4. The molecule has 0 aliphatic heterocycles. The summed E-state index contributed by atoms with van der Waals surface area (Å²) in [6, 6.07) is 59.9. The Morgan fingerprint density at radius 3 is 1.58 bits per heavy atom. The standard InChI is InChI=1S/C49H35N3/c1-49(29-13-14-34(32-49)33-25-27-46-41(30-33)39-19-7-11-23-45(39)50(46)35-15-3-2-4-16-35)52-47-24-12-8-20-40(47)42-31-36(26-28-48(42)52)51-43-21-9-5-17-37(43)38-18-6-10-22-44(38)51/h2-28,30-32H,29H2,1H3. The van der Waals surface area contributed by atoms with E-state index < -0.39 is 0 Å². The molecule has 0 spiro atoms. The van der Waals surface area contributed by atoms with Gasteiger partial charge in [0.05, 0.1) is 33.1 Å². The lowest BCUT2D eigenvalue weighted by Crippen LogP contribution is -2.28. The molecule has 11 rings (SSSR count). The van der Waals surface area contributed by atoms with E-state index in [9.17, 15) is 0 Å². The Balaban J connectivity index is 1.08. The van der Waals surface area contributed by atoms with Gasteiger partial charge in [0, 0.05) is 49.2 Å². The van der Waals surface area contributed by atoms with Gasteiger partial charge in [0.25, 0.3) is 0 Å². The Labute approximate surface area is 301 Å². The van der Waals surface area contributed by atoms with E-state index in [-0.39, 0.29) is 5.54 Å². The summed E-state index contributed by atoms with van der Waals surface area (Å²) in [5.74, 6) is 0. The molecule has 0 bridgehead atoms. The molecule has 0 amide bonds. The van der Waals surface area contributed by atoms with E-state index in [4.69, 9.17) is 0 Å². The Bertz CT molecular complexity index is 3060. The monoisotopic (exact) mass is 665 g/mol. The van der Waals surface area contributed by atoms with Crippen LogP contribution in [0.3, 0.4) is 0 Å². The number of hydrogen-bond donors (Lipinski definition) is 0. The first-order chi connectivity index (χ1) is 25.7. The Morgan fingerprint density at radius 1 is 0.423 bits per heavy atom. The highest BCUT2D eigenvalue weighted by Gasteiger charge is 2.30. The number of benzene rings is 7. The summed E-state index contributed by atoms with van der Waals surface area (Å²) >= 11 is 0. The van der Waals surface area contributed by atoms with Crippen molar-refractivity contribution in [2.75, 3.05) is 0 Å². The summed E-state index contributed by atoms with van der Waals surface area (Å²) in [6.45, 7) is 2.39. The molecule has 3 heterocycles. The highest BCUT2D eigenvalue weighted by molar-refractivity contribution is 6.12. The molecule has 1 unspecified atom stereocenters. The van der Waals surface area contributed by atoms with Gasteiger partial charge in [-0.05, 0) is 91.2 Å². The second-order valence-corrected chi connectivity index (χ2v) is 14.4. The van der Waals surface area contributed by atoms with Crippen molar-refractivity contribution in [1.82, 2.24) is 13.7 Å². The summed E-state index contributed by atoms with van der Waals surface area (Å²) in [4.78, 5) is 0. The topological polar surface area (TPSA) is 14.8 Å². The van der Waals surface area contributed by atoms with Crippen molar-refractivity contribution in [2.24, 2.45) is 0 Å². The number of para-hydroxylation sites is 5. The number of hydrogen-bond acceptors (Lipinski definition) is 0. The van der Waals surface area contributed by atoms with E-state index in [2.05, 4.69) is 203 Å². The maximum absolute atomic E-state index is 2.58. The summed E-state index contributed by atoms with van der Waals surface area (Å²) in [6.07, 6.45) is 8.08. The van der Waals surface area contributed by atoms with Gasteiger partial charge in [-0.25, -0.2) is 0 Å². The summed E-state index contributed by atoms with van der Waals surface area (Å²) in [5.41, 5.74) is 12.0. The van der Waals surface area contributed by atoms with Crippen molar-refractivity contribution in [3.8, 4) is 11.4 Å². The molecule has 0 fully saturated rings. The molecular weight excluding hydrogens is 631 g/mol. The van der Waals surface area contributed by atoms with E-state index >= 15 is 0 Å². The van der Waals surface area contributed by atoms with Gasteiger partial charge in [-0.15, -0.1) is 0 Å². The fourth-order valence-corrected chi connectivity index (χ4v) is 9.06. The largest absolute Gasteiger partial charge is 0.331 e. The van der Waals surface area contributed by atoms with Gasteiger partial charge in [0.1, 0.15) is 0 Å². The maximum Gasteiger partial charge on any atom is 0.0649 e. The smallest absolute Gasteiger partial charge is 0.0649 e. The van der Waals surface area contributed by atoms with Crippen LogP contribution in [-0.4, -0.2) is 13.7 Å². The third-order valence-corrected chi connectivity index (χ3v) is 11.3. The first-order valence-corrected chi connectivity index (χ1v) is 18.2. The zero-order chi connectivity index (χ0) is 34.4. The average Bonchev–Trinajstić information content (AvgIpc) is 3.84. The van der Waals surface area contributed by atoms with Crippen molar-refractivity contribution < 1.29 is 0 Å². The van der Waals surface area contributed by atoms with Crippen LogP contribution in [0.5, 0.6) is 0 Å². The molecule has 10 aromatic rings. The third kappa shape index (κ3) is 4.14. The number of aromatic nitrogens is 3. The van der Waals surface area contributed by atoms with Crippen molar-refractivity contribution in [3.05, 3.63) is 188 Å². The Hall–Kier alpha value is -6.58. The van der Waals surface area contributed by atoms with Gasteiger partial charge in [-0.3, -0.25) is 0 Å². The minimum atomic E-state index is -0.271. The van der Waals surface area contributed by atoms with Crippen LogP contribution in [0.15, 0.2) is 182 Å². The zero-order valence-corrected chi connectivity index (χ0v) is 28.9. The van der Waals surface area contributed by atoms with Crippen LogP contribution < -0.4 is 0 Å². The number of fused-ring (bicyclic) bond motifs is 9. The van der Waals surface area contributed by atoms with Crippen molar-refractivity contribution in [2.45, 2.75) is 18.9 Å². The van der Waals surface area contributed by atoms with Crippen LogP contribution in [-0.2, 0) is 5.54 Å². The summed E-state index contributed by atoms with van der Waals surface area (Å²) in [5, 5.41) is 7.66. The summed E-state index contributed by atoms with van der Waals surface area (Å²) in [7, 11) is 0. The third-order valence-electron chi connectivity index (χ3n) is 11.3. The van der Waals surface area contributed by atoms with Crippen LogP contribution in [0.1, 0.15) is 18.9 Å². The lowest BCUT2D eigenvalue weighted by Gasteiger charge is -2.33. The molecular formula is C49H35N3. The molecule has 1 atom stereocenters. The minimum Gasteiger partial charge on any atom is -0.331 e. The van der Waals surface area contributed by atoms with Gasteiger partial charge in [-0.1, -0.05) is 115 Å². The van der Waals surface area contributed by atoms with E-state index in [1.54, 1.807) is 0 Å². The van der Waals surface area contributed by atoms with E-state index in [0.29, 0.717) is 0 Å². The average molecular weight is 666 g/mol. The molecule has 1 aliphatic rings. The van der Waals surface area contributed by atoms with Crippen LogP contribution in [0.25, 0.3) is 82.4 Å². The Morgan fingerprint density at radius 2 is 0.904 bits per heavy atom. The van der Waals surface area contributed by atoms with E-state index in [0.717, 1.165) is 6.42 Å². The van der Waals surface area contributed by atoms with Crippen molar-refractivity contribution in [3.63, 3.8) is 0 Å². The number of nitrogens with zero attached hydrogens (tertiary/aromatic N) is 3. The van der Waals surface area contributed by atoms with Gasteiger partial charge in [0.15, 0.2) is 0 Å².